The first-order valence-corrected chi connectivity index (χ1v) is 10.1. The van der Waals surface area contributed by atoms with Gasteiger partial charge in [-0.25, -0.2) is 13.2 Å². The lowest BCUT2D eigenvalue weighted by Gasteiger charge is -2.23. The van der Waals surface area contributed by atoms with Gasteiger partial charge in [-0.3, -0.25) is 9.80 Å². The molecule has 0 spiro atoms. The largest absolute Gasteiger partial charge is 0.329 e. The molecule has 0 saturated carbocycles. The third kappa shape index (κ3) is 2.70. The van der Waals surface area contributed by atoms with Crippen LogP contribution in [0, 0.1) is 13.8 Å². The van der Waals surface area contributed by atoms with Gasteiger partial charge in [-0.05, 0) is 43.7 Å². The van der Waals surface area contributed by atoms with Gasteiger partial charge < -0.3 is 0 Å². The first kappa shape index (κ1) is 16.1. The Morgan fingerprint density at radius 3 is 2.04 bits per heavy atom. The van der Waals surface area contributed by atoms with Crippen LogP contribution in [0.25, 0.3) is 0 Å². The Kier molecular flexibility index (Phi) is 3.61. The molecular formula is C19H20N2O3S. The van der Waals surface area contributed by atoms with Gasteiger partial charge in [0.1, 0.15) is 0 Å². The molecule has 2 aliphatic heterocycles. The number of aryl methyl sites for hydroxylation is 2. The molecule has 4 rings (SSSR count). The Morgan fingerprint density at radius 2 is 1.44 bits per heavy atom. The van der Waals surface area contributed by atoms with Crippen LogP contribution in [0.2, 0.25) is 0 Å². The quantitative estimate of drug-likeness (QED) is 0.778. The van der Waals surface area contributed by atoms with Gasteiger partial charge in [-0.2, -0.15) is 0 Å². The van der Waals surface area contributed by atoms with Crippen LogP contribution in [-0.2, 0) is 9.84 Å². The van der Waals surface area contributed by atoms with E-state index >= 15 is 0 Å². The number of fused-ring (bicyclic) bond motifs is 1. The third-order valence-corrected chi connectivity index (χ3v) is 6.66. The lowest BCUT2D eigenvalue weighted by atomic mass is 10.1. The maximum atomic E-state index is 13.2. The van der Waals surface area contributed by atoms with Crippen LogP contribution in [0.3, 0.4) is 0 Å². The number of rotatable bonds is 2. The second-order valence-electron chi connectivity index (χ2n) is 6.91. The Bertz CT molecular complexity index is 937. The Hall–Kier alpha value is -2.34. The molecule has 0 aromatic heterocycles. The first-order chi connectivity index (χ1) is 11.9. The Balaban J connectivity index is 1.81. The van der Waals surface area contributed by atoms with Crippen molar-refractivity contribution in [1.29, 1.82) is 0 Å². The van der Waals surface area contributed by atoms with E-state index in [1.807, 2.05) is 62.4 Å². The van der Waals surface area contributed by atoms with E-state index in [0.29, 0.717) is 0 Å². The van der Waals surface area contributed by atoms with Gasteiger partial charge in [0.05, 0.1) is 23.6 Å². The van der Waals surface area contributed by atoms with Crippen molar-refractivity contribution in [1.82, 2.24) is 0 Å². The second kappa shape index (κ2) is 5.59. The summed E-state index contributed by atoms with van der Waals surface area (Å²) in [6, 6.07) is 14.5. The standard InChI is InChI=1S/C19H20N2O3S/c1-13-6-8-15(9-7-13)20-17-11-25(23,24)12-18(17)21(19(20)22)16-5-3-4-14(2)10-16/h3-10,17-18H,11-12H2,1-2H3/t17-,18-/m1/s1. The third-order valence-electron chi connectivity index (χ3n) is 4.96. The van der Waals surface area contributed by atoms with Crippen molar-refractivity contribution in [2.24, 2.45) is 0 Å². The number of carbonyl (C=O) groups excluding carboxylic acids is 1. The second-order valence-corrected chi connectivity index (χ2v) is 9.06. The maximum Gasteiger partial charge on any atom is 0.329 e. The minimum atomic E-state index is -3.16. The fourth-order valence-corrected chi connectivity index (χ4v) is 5.71. The van der Waals surface area contributed by atoms with Crippen LogP contribution in [0.1, 0.15) is 11.1 Å². The summed E-state index contributed by atoms with van der Waals surface area (Å²) in [7, 11) is -3.16. The Morgan fingerprint density at radius 1 is 0.840 bits per heavy atom. The van der Waals surface area contributed by atoms with Crippen molar-refractivity contribution in [2.45, 2.75) is 25.9 Å². The van der Waals surface area contributed by atoms with Gasteiger partial charge in [-0.15, -0.1) is 0 Å². The highest BCUT2D eigenvalue weighted by Crippen LogP contribution is 2.38. The minimum absolute atomic E-state index is 0.0135. The predicted molar refractivity (Wildman–Crippen MR) is 98.9 cm³/mol. The molecule has 2 atom stereocenters. The number of sulfone groups is 1. The molecule has 2 saturated heterocycles. The average molecular weight is 356 g/mol. The Labute approximate surface area is 147 Å². The van der Waals surface area contributed by atoms with Crippen molar-refractivity contribution >= 4 is 27.2 Å². The molecule has 6 heteroatoms. The molecular weight excluding hydrogens is 336 g/mol. The summed E-state index contributed by atoms with van der Waals surface area (Å²) in [5.41, 5.74) is 3.64. The zero-order valence-electron chi connectivity index (χ0n) is 14.2. The first-order valence-electron chi connectivity index (χ1n) is 8.32. The van der Waals surface area contributed by atoms with Gasteiger partial charge in [0.2, 0.25) is 0 Å². The summed E-state index contributed by atoms with van der Waals surface area (Å²) < 4.78 is 24.5. The predicted octanol–water partition coefficient (Wildman–Crippen LogP) is 2.92. The van der Waals surface area contributed by atoms with E-state index < -0.39 is 9.84 Å². The van der Waals surface area contributed by atoms with E-state index in [1.165, 1.54) is 0 Å². The summed E-state index contributed by atoms with van der Waals surface area (Å²) in [6.07, 6.45) is 0. The molecule has 0 bridgehead atoms. The van der Waals surface area contributed by atoms with Gasteiger partial charge in [0.25, 0.3) is 0 Å². The monoisotopic (exact) mass is 356 g/mol. The summed E-state index contributed by atoms with van der Waals surface area (Å²) in [5.74, 6) is 0.0271. The summed E-state index contributed by atoms with van der Waals surface area (Å²) in [5, 5.41) is 0. The number of carbonyl (C=O) groups is 1. The molecule has 2 aromatic rings. The van der Waals surface area contributed by atoms with Gasteiger partial charge in [-0.1, -0.05) is 29.8 Å². The SMILES string of the molecule is Cc1ccc(N2C(=O)N(c3cccc(C)c3)[C@@H]3CS(=O)(=O)C[C@H]32)cc1. The van der Waals surface area contributed by atoms with Gasteiger partial charge in [0, 0.05) is 11.4 Å². The smallest absolute Gasteiger partial charge is 0.288 e. The molecule has 2 amide bonds. The number of hydrogen-bond donors (Lipinski definition) is 0. The fourth-order valence-electron chi connectivity index (χ4n) is 3.79. The normalized spacial score (nSPS) is 24.6. The van der Waals surface area contributed by atoms with Gasteiger partial charge in [0.15, 0.2) is 9.84 Å². The highest BCUT2D eigenvalue weighted by molar-refractivity contribution is 7.91. The molecule has 2 aliphatic rings. The number of nitrogens with zero attached hydrogens (tertiary/aromatic N) is 2. The van der Waals surface area contributed by atoms with Crippen LogP contribution >= 0.6 is 0 Å². The number of benzene rings is 2. The molecule has 0 unspecified atom stereocenters. The van der Waals surface area contributed by atoms with Gasteiger partial charge >= 0.3 is 6.03 Å². The van der Waals surface area contributed by atoms with E-state index in [2.05, 4.69) is 0 Å². The zero-order chi connectivity index (χ0) is 17.8. The van der Waals surface area contributed by atoms with Crippen molar-refractivity contribution < 1.29 is 13.2 Å². The van der Waals surface area contributed by atoms with Crippen molar-refractivity contribution in [3.63, 3.8) is 0 Å². The van der Waals surface area contributed by atoms with Crippen LogP contribution in [-0.4, -0.2) is 38.0 Å². The average Bonchev–Trinajstić information content (AvgIpc) is 2.97. The van der Waals surface area contributed by atoms with Crippen LogP contribution < -0.4 is 9.80 Å². The van der Waals surface area contributed by atoms with E-state index in [-0.39, 0.29) is 29.6 Å². The molecule has 2 aromatic carbocycles. The fraction of sp³-hybridized carbons (Fsp3) is 0.316. The number of urea groups is 1. The molecule has 0 aliphatic carbocycles. The molecule has 25 heavy (non-hydrogen) atoms. The summed E-state index contributed by atoms with van der Waals surface area (Å²) in [6.45, 7) is 3.95. The number of amides is 2. The zero-order valence-corrected chi connectivity index (χ0v) is 15.0. The van der Waals surface area contributed by atoms with E-state index in [1.54, 1.807) is 9.80 Å². The maximum absolute atomic E-state index is 13.2. The summed E-state index contributed by atoms with van der Waals surface area (Å²) >= 11 is 0. The van der Waals surface area contributed by atoms with E-state index in [9.17, 15) is 13.2 Å². The van der Waals surface area contributed by atoms with E-state index in [0.717, 1.165) is 22.5 Å². The van der Waals surface area contributed by atoms with E-state index in [4.69, 9.17) is 0 Å². The molecule has 0 N–H and O–H groups in total. The topological polar surface area (TPSA) is 57.7 Å². The molecule has 0 radical (unpaired) electrons. The van der Waals surface area contributed by atoms with Crippen molar-refractivity contribution in [2.75, 3.05) is 21.3 Å². The summed E-state index contributed by atoms with van der Waals surface area (Å²) in [4.78, 5) is 16.5. The van der Waals surface area contributed by atoms with Crippen LogP contribution in [0.15, 0.2) is 48.5 Å². The molecule has 2 fully saturated rings. The lowest BCUT2D eigenvalue weighted by Crippen LogP contribution is -2.37. The van der Waals surface area contributed by atoms with Crippen LogP contribution in [0.5, 0.6) is 0 Å². The molecule has 130 valence electrons. The molecule has 5 nitrogen and oxygen atoms in total. The van der Waals surface area contributed by atoms with Crippen molar-refractivity contribution in [3.8, 4) is 0 Å². The van der Waals surface area contributed by atoms with Crippen LogP contribution in [0.4, 0.5) is 16.2 Å². The molecule has 2 heterocycles. The van der Waals surface area contributed by atoms with Crippen molar-refractivity contribution in [3.05, 3.63) is 59.7 Å². The lowest BCUT2D eigenvalue weighted by molar-refractivity contribution is 0.255. The minimum Gasteiger partial charge on any atom is -0.288 e. The number of anilines is 2. The number of hydrogen-bond acceptors (Lipinski definition) is 3. The highest BCUT2D eigenvalue weighted by Gasteiger charge is 2.54. The highest BCUT2D eigenvalue weighted by atomic mass is 32.2.